The van der Waals surface area contributed by atoms with E-state index in [0.29, 0.717) is 30.0 Å². The zero-order valence-electron chi connectivity index (χ0n) is 13.7. The van der Waals surface area contributed by atoms with Crippen LogP contribution in [0.2, 0.25) is 0 Å². The summed E-state index contributed by atoms with van der Waals surface area (Å²) in [6.45, 7) is 2.81. The van der Waals surface area contributed by atoms with Crippen molar-refractivity contribution >= 4 is 22.6 Å². The number of anilines is 1. The third-order valence-electron chi connectivity index (χ3n) is 5.31. The lowest BCUT2D eigenvalue weighted by molar-refractivity contribution is 0.0645. The van der Waals surface area contributed by atoms with Crippen molar-refractivity contribution in [2.24, 2.45) is 5.41 Å². The molecule has 1 saturated carbocycles. The summed E-state index contributed by atoms with van der Waals surface area (Å²) in [6.07, 6.45) is 6.20. The van der Waals surface area contributed by atoms with Gasteiger partial charge in [-0.2, -0.15) is 0 Å². The largest absolute Gasteiger partial charge is 0.383 e. The highest BCUT2D eigenvalue weighted by Gasteiger charge is 2.38. The van der Waals surface area contributed by atoms with Crippen LogP contribution < -0.4 is 5.73 Å². The molecule has 2 aromatic rings. The van der Waals surface area contributed by atoms with E-state index in [9.17, 15) is 4.79 Å². The number of carbonyl (C=O) groups excluding carboxylic acids is 1. The van der Waals surface area contributed by atoms with Gasteiger partial charge in [0.1, 0.15) is 12.1 Å². The predicted octanol–water partition coefficient (Wildman–Crippen LogP) is 2.24. The number of hydrogen-bond acceptors (Lipinski definition) is 5. The minimum absolute atomic E-state index is 0.0471. The monoisotopic (exact) mass is 326 g/mol. The maximum Gasteiger partial charge on any atom is 0.254 e. The van der Waals surface area contributed by atoms with Gasteiger partial charge in [-0.1, -0.05) is 12.8 Å². The molecule has 0 atom stereocenters. The van der Waals surface area contributed by atoms with E-state index in [1.807, 2.05) is 23.1 Å². The van der Waals surface area contributed by atoms with Crippen LogP contribution in [0.4, 0.5) is 5.82 Å². The van der Waals surface area contributed by atoms with Gasteiger partial charge in [0.05, 0.1) is 18.7 Å². The number of nitrogens with zero attached hydrogens (tertiary/aromatic N) is 3. The lowest BCUT2D eigenvalue weighted by Crippen LogP contribution is -2.40. The van der Waals surface area contributed by atoms with Gasteiger partial charge in [0, 0.05) is 29.5 Å². The Morgan fingerprint density at radius 2 is 2.08 bits per heavy atom. The summed E-state index contributed by atoms with van der Waals surface area (Å²) in [4.78, 5) is 23.2. The van der Waals surface area contributed by atoms with Crippen LogP contribution in [-0.4, -0.2) is 47.1 Å². The molecule has 126 valence electrons. The number of hydrogen-bond donors (Lipinski definition) is 1. The fourth-order valence-corrected chi connectivity index (χ4v) is 3.99. The number of nitrogens with two attached hydrogens (primary N) is 1. The minimum Gasteiger partial charge on any atom is -0.383 e. The molecule has 2 N–H and O–H groups in total. The van der Waals surface area contributed by atoms with E-state index in [-0.39, 0.29) is 11.3 Å². The standard InChI is InChI=1S/C18H22N4O2/c19-16-14-4-3-13(9-15(14)20-12-21-16)17(23)22-7-8-24-11-18(10-22)5-1-2-6-18/h3-4,9,12H,1-2,5-8,10-11H2,(H2,19,20,21). The number of carbonyl (C=O) groups is 1. The van der Waals surface area contributed by atoms with E-state index < -0.39 is 0 Å². The van der Waals surface area contributed by atoms with E-state index >= 15 is 0 Å². The topological polar surface area (TPSA) is 81.3 Å². The van der Waals surface area contributed by atoms with Crippen molar-refractivity contribution < 1.29 is 9.53 Å². The van der Waals surface area contributed by atoms with Crippen molar-refractivity contribution in [3.05, 3.63) is 30.1 Å². The van der Waals surface area contributed by atoms with E-state index in [2.05, 4.69) is 9.97 Å². The summed E-state index contributed by atoms with van der Waals surface area (Å²) < 4.78 is 5.80. The number of fused-ring (bicyclic) bond motifs is 1. The van der Waals surface area contributed by atoms with Gasteiger partial charge in [0.15, 0.2) is 0 Å². The van der Waals surface area contributed by atoms with E-state index in [4.69, 9.17) is 10.5 Å². The Morgan fingerprint density at radius 1 is 1.25 bits per heavy atom. The Bertz CT molecular complexity index is 771. The zero-order chi connectivity index (χ0) is 16.6. The fourth-order valence-electron chi connectivity index (χ4n) is 3.99. The average Bonchev–Trinajstić information content (AvgIpc) is 2.94. The molecule has 1 aliphatic carbocycles. The second kappa shape index (κ2) is 6.02. The Labute approximate surface area is 141 Å². The minimum atomic E-state index is 0.0471. The van der Waals surface area contributed by atoms with Crippen LogP contribution in [0.15, 0.2) is 24.5 Å². The number of amides is 1. The number of benzene rings is 1. The average molecular weight is 326 g/mol. The van der Waals surface area contributed by atoms with Crippen LogP contribution in [-0.2, 0) is 4.74 Å². The first-order valence-corrected chi connectivity index (χ1v) is 8.54. The van der Waals surface area contributed by atoms with Gasteiger partial charge < -0.3 is 15.4 Å². The smallest absolute Gasteiger partial charge is 0.254 e. The summed E-state index contributed by atoms with van der Waals surface area (Å²) in [5.74, 6) is 0.484. The predicted molar refractivity (Wildman–Crippen MR) is 91.6 cm³/mol. The van der Waals surface area contributed by atoms with Crippen molar-refractivity contribution in [3.63, 3.8) is 0 Å². The van der Waals surface area contributed by atoms with Gasteiger partial charge >= 0.3 is 0 Å². The molecule has 2 fully saturated rings. The summed E-state index contributed by atoms with van der Waals surface area (Å²) in [5, 5.41) is 0.778. The molecule has 1 amide bonds. The maximum absolute atomic E-state index is 13.0. The van der Waals surface area contributed by atoms with Crippen LogP contribution in [0.1, 0.15) is 36.0 Å². The van der Waals surface area contributed by atoms with Crippen LogP contribution in [0.3, 0.4) is 0 Å². The SMILES string of the molecule is Nc1ncnc2cc(C(=O)N3CCOCC4(CCCC4)C3)ccc12. The van der Waals surface area contributed by atoms with Crippen molar-refractivity contribution in [3.8, 4) is 0 Å². The molecular formula is C18H22N4O2. The van der Waals surface area contributed by atoms with Crippen LogP contribution in [0, 0.1) is 5.41 Å². The Hall–Kier alpha value is -2.21. The van der Waals surface area contributed by atoms with E-state index in [1.54, 1.807) is 0 Å². The quantitative estimate of drug-likeness (QED) is 0.869. The normalized spacial score (nSPS) is 20.4. The van der Waals surface area contributed by atoms with E-state index in [1.165, 1.54) is 19.2 Å². The van der Waals surface area contributed by atoms with Crippen molar-refractivity contribution in [2.45, 2.75) is 25.7 Å². The zero-order valence-corrected chi connectivity index (χ0v) is 13.7. The van der Waals surface area contributed by atoms with Crippen molar-refractivity contribution in [2.75, 3.05) is 32.0 Å². The molecule has 0 radical (unpaired) electrons. The number of ether oxygens (including phenoxy) is 1. The first-order chi connectivity index (χ1) is 11.7. The third-order valence-corrected chi connectivity index (χ3v) is 5.31. The molecule has 6 heteroatoms. The molecule has 1 aliphatic heterocycles. The molecule has 1 saturated heterocycles. The number of rotatable bonds is 1. The molecule has 0 unspecified atom stereocenters. The molecule has 1 spiro atoms. The number of aromatic nitrogens is 2. The van der Waals surface area contributed by atoms with Crippen LogP contribution in [0.25, 0.3) is 10.9 Å². The molecule has 4 rings (SSSR count). The summed E-state index contributed by atoms with van der Waals surface area (Å²) in [7, 11) is 0. The Morgan fingerprint density at radius 3 is 2.92 bits per heavy atom. The highest BCUT2D eigenvalue weighted by atomic mass is 16.5. The molecule has 0 bridgehead atoms. The second-order valence-corrected chi connectivity index (χ2v) is 6.98. The summed E-state index contributed by atoms with van der Waals surface area (Å²) in [6, 6.07) is 5.46. The maximum atomic E-state index is 13.0. The molecule has 6 nitrogen and oxygen atoms in total. The van der Waals surface area contributed by atoms with Crippen LogP contribution >= 0.6 is 0 Å². The number of nitrogen functional groups attached to an aromatic ring is 1. The molecule has 24 heavy (non-hydrogen) atoms. The van der Waals surface area contributed by atoms with Crippen molar-refractivity contribution in [1.82, 2.24) is 14.9 Å². The second-order valence-electron chi connectivity index (χ2n) is 6.98. The van der Waals surface area contributed by atoms with Gasteiger partial charge in [-0.25, -0.2) is 9.97 Å². The first-order valence-electron chi connectivity index (χ1n) is 8.54. The molecule has 2 aliphatic rings. The molecular weight excluding hydrogens is 304 g/mol. The lowest BCUT2D eigenvalue weighted by Gasteiger charge is -2.31. The lowest BCUT2D eigenvalue weighted by atomic mass is 9.86. The fraction of sp³-hybridized carbons (Fsp3) is 0.500. The van der Waals surface area contributed by atoms with Gasteiger partial charge in [0.25, 0.3) is 5.91 Å². The molecule has 1 aromatic carbocycles. The Kier molecular flexibility index (Phi) is 3.84. The third kappa shape index (κ3) is 2.71. The highest BCUT2D eigenvalue weighted by Crippen LogP contribution is 2.40. The van der Waals surface area contributed by atoms with Gasteiger partial charge in [-0.3, -0.25) is 4.79 Å². The van der Waals surface area contributed by atoms with Gasteiger partial charge in [-0.05, 0) is 31.0 Å². The Balaban J connectivity index is 1.62. The van der Waals surface area contributed by atoms with E-state index in [0.717, 1.165) is 31.4 Å². The molecule has 1 aromatic heterocycles. The summed E-state index contributed by atoms with van der Waals surface area (Å²) in [5.41, 5.74) is 7.36. The first kappa shape index (κ1) is 15.3. The van der Waals surface area contributed by atoms with Crippen molar-refractivity contribution in [1.29, 1.82) is 0 Å². The highest BCUT2D eigenvalue weighted by molar-refractivity contribution is 5.99. The summed E-state index contributed by atoms with van der Waals surface area (Å²) >= 11 is 0. The van der Waals surface area contributed by atoms with Crippen LogP contribution in [0.5, 0.6) is 0 Å². The van der Waals surface area contributed by atoms with Gasteiger partial charge in [-0.15, -0.1) is 0 Å². The molecule has 2 heterocycles. The van der Waals surface area contributed by atoms with Gasteiger partial charge in [0.2, 0.25) is 0 Å².